The number of nitrogens with zero attached hydrogens (tertiary/aromatic N) is 4. The Balaban J connectivity index is 0. The van der Waals surface area contributed by atoms with Gasteiger partial charge in [0.1, 0.15) is 11.3 Å². The van der Waals surface area contributed by atoms with Crippen molar-refractivity contribution in [3.8, 4) is 0 Å². The van der Waals surface area contributed by atoms with Crippen LogP contribution in [0.15, 0.2) is 45.0 Å². The molecule has 0 fully saturated rings. The Bertz CT molecular complexity index is 544. The van der Waals surface area contributed by atoms with Crippen LogP contribution in [0.4, 0.5) is 0 Å². The van der Waals surface area contributed by atoms with E-state index in [1.165, 1.54) is 0 Å². The van der Waals surface area contributed by atoms with Crippen LogP contribution in [0.3, 0.4) is 0 Å². The third-order valence-electron chi connectivity index (χ3n) is 2.21. The van der Waals surface area contributed by atoms with E-state index in [-0.39, 0.29) is 18.6 Å². The van der Waals surface area contributed by atoms with Crippen LogP contribution in [-0.2, 0) is 18.6 Å². The van der Waals surface area contributed by atoms with Gasteiger partial charge in [-0.1, -0.05) is 32.0 Å². The first-order valence-corrected chi connectivity index (χ1v) is 7.38. The molecule has 6 heteroatoms. The fourth-order valence-corrected chi connectivity index (χ4v) is 1.47. The van der Waals surface area contributed by atoms with E-state index < -0.39 is 0 Å². The predicted molar refractivity (Wildman–Crippen MR) is 96.7 cm³/mol. The van der Waals surface area contributed by atoms with E-state index in [4.69, 9.17) is 4.42 Å². The van der Waals surface area contributed by atoms with Crippen LogP contribution in [0.1, 0.15) is 26.5 Å². The summed E-state index contributed by atoms with van der Waals surface area (Å²) in [5.41, 5.74) is 0.896. The second-order valence-corrected chi connectivity index (χ2v) is 4.50. The molecule has 0 aliphatic carbocycles. The molecule has 0 unspecified atom stereocenters. The molecule has 127 valence electrons. The van der Waals surface area contributed by atoms with E-state index in [1.807, 2.05) is 79.3 Å². The largest absolute Gasteiger partial charge is 0.455 e. The Morgan fingerprint density at radius 3 is 1.96 bits per heavy atom. The summed E-state index contributed by atoms with van der Waals surface area (Å²) in [6, 6.07) is 9.89. The van der Waals surface area contributed by atoms with Crippen LogP contribution in [0.2, 0.25) is 0 Å². The standard InChI is InChI=1S/C11H12N2O.C4H10N2.C2H6.V/c1-13(2)12-8-10-7-9-5-3-4-6-11(9)14-10;1-4-5-6(2)3;1-2;/h3-8H,1-2H3;4H,1-3H3;1-2H3;/b12-8+;5-4+;;. The first-order chi connectivity index (χ1) is 10.5. The summed E-state index contributed by atoms with van der Waals surface area (Å²) in [4.78, 5) is 0. The zero-order valence-corrected chi connectivity index (χ0v) is 16.6. The smallest absolute Gasteiger partial charge is 0.148 e. The van der Waals surface area contributed by atoms with Gasteiger partial charge in [0.15, 0.2) is 0 Å². The predicted octanol–water partition coefficient (Wildman–Crippen LogP) is 3.91. The first-order valence-electron chi connectivity index (χ1n) is 7.38. The van der Waals surface area contributed by atoms with Crippen LogP contribution in [0.5, 0.6) is 0 Å². The molecule has 5 nitrogen and oxygen atoms in total. The monoisotopic (exact) mass is 355 g/mol. The molecule has 0 N–H and O–H groups in total. The summed E-state index contributed by atoms with van der Waals surface area (Å²) in [7, 11) is 7.53. The number of hydrogen-bond acceptors (Lipinski definition) is 5. The van der Waals surface area contributed by atoms with Crippen molar-refractivity contribution in [2.75, 3.05) is 28.2 Å². The molecular weight excluding hydrogens is 327 g/mol. The fraction of sp³-hybridized carbons (Fsp3) is 0.412. The van der Waals surface area contributed by atoms with Gasteiger partial charge in [0.05, 0.1) is 6.21 Å². The fourth-order valence-electron chi connectivity index (χ4n) is 1.47. The van der Waals surface area contributed by atoms with Gasteiger partial charge in [-0.25, -0.2) is 0 Å². The van der Waals surface area contributed by atoms with Crippen molar-refractivity contribution in [2.45, 2.75) is 20.8 Å². The Kier molecular flexibility index (Phi) is 14.2. The molecule has 0 aliphatic rings. The van der Waals surface area contributed by atoms with Crippen LogP contribution in [-0.4, -0.2) is 50.6 Å². The summed E-state index contributed by atoms with van der Waals surface area (Å²) < 4.78 is 5.54. The van der Waals surface area contributed by atoms with Crippen LogP contribution in [0, 0.1) is 0 Å². The van der Waals surface area contributed by atoms with Gasteiger partial charge in [-0.15, -0.1) is 0 Å². The number of benzene rings is 1. The topological polar surface area (TPSA) is 44.3 Å². The van der Waals surface area contributed by atoms with Gasteiger partial charge in [0.25, 0.3) is 0 Å². The molecule has 1 aromatic carbocycles. The Morgan fingerprint density at radius 2 is 1.52 bits per heavy atom. The molecule has 23 heavy (non-hydrogen) atoms. The maximum atomic E-state index is 5.54. The number of para-hydroxylation sites is 1. The third-order valence-corrected chi connectivity index (χ3v) is 2.21. The molecule has 2 aromatic rings. The maximum Gasteiger partial charge on any atom is 0.148 e. The van der Waals surface area contributed by atoms with Gasteiger partial charge in [-0.2, -0.15) is 10.2 Å². The molecule has 1 heterocycles. The molecule has 0 saturated carbocycles. The normalized spacial score (nSPS) is 9.70. The number of fused-ring (bicyclic) bond motifs is 1. The molecule has 1 radical (unpaired) electrons. The van der Waals surface area contributed by atoms with Gasteiger partial charge >= 0.3 is 0 Å². The minimum Gasteiger partial charge on any atom is -0.455 e. The van der Waals surface area contributed by atoms with E-state index in [0.717, 1.165) is 16.7 Å². The number of hydrazone groups is 2. The van der Waals surface area contributed by atoms with Crippen molar-refractivity contribution in [1.82, 2.24) is 10.0 Å². The van der Waals surface area contributed by atoms with Gasteiger partial charge in [0.2, 0.25) is 0 Å². The van der Waals surface area contributed by atoms with E-state index in [0.29, 0.717) is 0 Å². The first kappa shape index (κ1) is 23.5. The van der Waals surface area contributed by atoms with E-state index >= 15 is 0 Å². The molecule has 0 atom stereocenters. The van der Waals surface area contributed by atoms with Crippen molar-refractivity contribution < 1.29 is 23.0 Å². The summed E-state index contributed by atoms with van der Waals surface area (Å²) in [5, 5.41) is 12.5. The second kappa shape index (κ2) is 13.9. The SMILES string of the molecule is C/C=N/N(C)C.CC.CN(C)/N=C/c1cc2ccccc2o1.[V]. The molecule has 0 aliphatic heterocycles. The number of furan rings is 1. The Morgan fingerprint density at radius 1 is 0.957 bits per heavy atom. The summed E-state index contributed by atoms with van der Waals surface area (Å²) in [5.74, 6) is 0.778. The van der Waals surface area contributed by atoms with Gasteiger partial charge in [-0.3, -0.25) is 0 Å². The maximum absolute atomic E-state index is 5.54. The molecule has 2 rings (SSSR count). The van der Waals surface area contributed by atoms with Crippen molar-refractivity contribution in [2.24, 2.45) is 10.2 Å². The van der Waals surface area contributed by atoms with E-state index in [2.05, 4.69) is 10.2 Å². The zero-order chi connectivity index (χ0) is 17.0. The van der Waals surface area contributed by atoms with Crippen molar-refractivity contribution in [1.29, 1.82) is 0 Å². The van der Waals surface area contributed by atoms with Gasteiger partial charge < -0.3 is 14.4 Å². The molecule has 0 saturated heterocycles. The van der Waals surface area contributed by atoms with Crippen molar-refractivity contribution >= 4 is 23.4 Å². The molecular formula is C17H28N4OV. The molecule has 0 amide bonds. The molecule has 0 spiro atoms. The van der Waals surface area contributed by atoms with Crippen molar-refractivity contribution in [3.63, 3.8) is 0 Å². The quantitative estimate of drug-likeness (QED) is 0.619. The second-order valence-electron chi connectivity index (χ2n) is 4.50. The average molecular weight is 355 g/mol. The molecule has 1 aromatic heterocycles. The summed E-state index contributed by atoms with van der Waals surface area (Å²) in [6.45, 7) is 5.89. The number of rotatable bonds is 3. The van der Waals surface area contributed by atoms with Gasteiger partial charge in [0, 0.05) is 58.3 Å². The Labute approximate surface area is 151 Å². The number of hydrogen-bond donors (Lipinski definition) is 0. The van der Waals surface area contributed by atoms with Crippen LogP contribution < -0.4 is 0 Å². The van der Waals surface area contributed by atoms with Gasteiger partial charge in [-0.05, 0) is 19.1 Å². The minimum absolute atomic E-state index is 0. The zero-order valence-electron chi connectivity index (χ0n) is 15.2. The summed E-state index contributed by atoms with van der Waals surface area (Å²) in [6.07, 6.45) is 3.46. The van der Waals surface area contributed by atoms with E-state index in [1.54, 1.807) is 22.4 Å². The van der Waals surface area contributed by atoms with E-state index in [9.17, 15) is 0 Å². The van der Waals surface area contributed by atoms with Crippen LogP contribution in [0.25, 0.3) is 11.0 Å². The van der Waals surface area contributed by atoms with Crippen molar-refractivity contribution in [3.05, 3.63) is 36.1 Å². The average Bonchev–Trinajstić information content (AvgIpc) is 2.90. The van der Waals surface area contributed by atoms with Crippen LogP contribution >= 0.6 is 0 Å². The summed E-state index contributed by atoms with van der Waals surface area (Å²) >= 11 is 0. The third kappa shape index (κ3) is 10.6. The molecule has 0 bridgehead atoms. The Hall–Kier alpha value is -1.72. The minimum atomic E-state index is 0.